The number of ether oxygens (including phenoxy) is 3. The largest absolute Gasteiger partial charge is 0.493 e. The SMILES string of the molecule is CCOc1ccc(C(=O)OCC(=O)N[C@@H]2CCS(=O)(=O)C2)cc1OC. The lowest BCUT2D eigenvalue weighted by Gasteiger charge is -2.12. The third-order valence-electron chi connectivity index (χ3n) is 3.63. The summed E-state index contributed by atoms with van der Waals surface area (Å²) in [6.07, 6.45) is 0.373. The van der Waals surface area contributed by atoms with Gasteiger partial charge >= 0.3 is 5.97 Å². The summed E-state index contributed by atoms with van der Waals surface area (Å²) in [5.74, 6) is -0.352. The quantitative estimate of drug-likeness (QED) is 0.698. The van der Waals surface area contributed by atoms with E-state index >= 15 is 0 Å². The molecule has 2 rings (SSSR count). The number of carbonyl (C=O) groups is 2. The molecule has 1 heterocycles. The summed E-state index contributed by atoms with van der Waals surface area (Å²) in [5, 5.41) is 2.55. The standard InChI is InChI=1S/C16H21NO7S/c1-3-23-13-5-4-11(8-14(13)22-2)16(19)24-9-15(18)17-12-6-7-25(20,21)10-12/h4-5,8,12H,3,6-7,9-10H2,1-2H3,(H,17,18)/t12-/m1/s1. The van der Waals surface area contributed by atoms with Crippen LogP contribution in [-0.4, -0.2) is 58.2 Å². The van der Waals surface area contributed by atoms with E-state index in [0.717, 1.165) is 0 Å². The van der Waals surface area contributed by atoms with Gasteiger partial charge in [-0.3, -0.25) is 4.79 Å². The Morgan fingerprint density at radius 3 is 2.64 bits per heavy atom. The first kappa shape index (κ1) is 19.0. The number of hydrogen-bond acceptors (Lipinski definition) is 7. The molecule has 8 nitrogen and oxygen atoms in total. The molecule has 1 aromatic rings. The zero-order valence-corrected chi connectivity index (χ0v) is 14.9. The van der Waals surface area contributed by atoms with Crippen molar-refractivity contribution in [2.24, 2.45) is 0 Å². The molecule has 25 heavy (non-hydrogen) atoms. The minimum atomic E-state index is -3.08. The number of carbonyl (C=O) groups excluding carboxylic acids is 2. The molecule has 0 unspecified atom stereocenters. The van der Waals surface area contributed by atoms with Crippen LogP contribution in [0.15, 0.2) is 18.2 Å². The zero-order valence-electron chi connectivity index (χ0n) is 14.1. The lowest BCUT2D eigenvalue weighted by Crippen LogP contribution is -2.38. The van der Waals surface area contributed by atoms with Crippen LogP contribution >= 0.6 is 0 Å². The molecule has 0 aliphatic carbocycles. The fourth-order valence-corrected chi connectivity index (χ4v) is 4.14. The molecule has 1 fully saturated rings. The highest BCUT2D eigenvalue weighted by molar-refractivity contribution is 7.91. The summed E-state index contributed by atoms with van der Waals surface area (Å²) in [6.45, 7) is 1.80. The van der Waals surface area contributed by atoms with Gasteiger partial charge < -0.3 is 19.5 Å². The van der Waals surface area contributed by atoms with Gasteiger partial charge in [-0.1, -0.05) is 0 Å². The molecule has 0 aromatic heterocycles. The zero-order chi connectivity index (χ0) is 18.4. The molecule has 0 spiro atoms. The summed E-state index contributed by atoms with van der Waals surface area (Å²) in [4.78, 5) is 23.8. The second-order valence-electron chi connectivity index (χ2n) is 5.54. The highest BCUT2D eigenvalue weighted by atomic mass is 32.2. The average Bonchev–Trinajstić information content (AvgIpc) is 2.91. The maximum atomic E-state index is 12.0. The van der Waals surface area contributed by atoms with Crippen LogP contribution in [0.1, 0.15) is 23.7 Å². The van der Waals surface area contributed by atoms with Gasteiger partial charge in [0.25, 0.3) is 5.91 Å². The van der Waals surface area contributed by atoms with E-state index in [1.54, 1.807) is 6.07 Å². The van der Waals surface area contributed by atoms with E-state index in [1.807, 2.05) is 6.92 Å². The van der Waals surface area contributed by atoms with Crippen LogP contribution in [0.4, 0.5) is 0 Å². The van der Waals surface area contributed by atoms with E-state index in [0.29, 0.717) is 24.5 Å². The number of rotatable bonds is 7. The van der Waals surface area contributed by atoms with Crippen molar-refractivity contribution in [2.75, 3.05) is 31.8 Å². The van der Waals surface area contributed by atoms with Gasteiger partial charge in [-0.05, 0) is 31.5 Å². The number of benzene rings is 1. The van der Waals surface area contributed by atoms with Gasteiger partial charge in [-0.2, -0.15) is 0 Å². The Labute approximate surface area is 146 Å². The van der Waals surface area contributed by atoms with Crippen molar-refractivity contribution < 1.29 is 32.2 Å². The van der Waals surface area contributed by atoms with Gasteiger partial charge in [0, 0.05) is 6.04 Å². The lowest BCUT2D eigenvalue weighted by molar-refractivity contribution is -0.124. The molecule has 1 aromatic carbocycles. The molecule has 0 bridgehead atoms. The van der Waals surface area contributed by atoms with Crippen molar-refractivity contribution in [3.63, 3.8) is 0 Å². The topological polar surface area (TPSA) is 108 Å². The Morgan fingerprint density at radius 2 is 2.04 bits per heavy atom. The number of sulfone groups is 1. The third kappa shape index (κ3) is 5.35. The second kappa shape index (κ2) is 8.19. The smallest absolute Gasteiger partial charge is 0.338 e. The Kier molecular flexibility index (Phi) is 6.24. The van der Waals surface area contributed by atoms with E-state index in [1.165, 1.54) is 19.2 Å². The van der Waals surface area contributed by atoms with Gasteiger partial charge in [0.2, 0.25) is 0 Å². The predicted octanol–water partition coefficient (Wildman–Crippen LogP) is 0.554. The first-order chi connectivity index (χ1) is 11.8. The Hall–Kier alpha value is -2.29. The van der Waals surface area contributed by atoms with Crippen LogP contribution in [-0.2, 0) is 19.4 Å². The first-order valence-corrected chi connectivity index (χ1v) is 9.64. The molecule has 1 amide bonds. The number of nitrogens with one attached hydrogen (secondary N) is 1. The molecule has 1 saturated heterocycles. The molecule has 1 atom stereocenters. The second-order valence-corrected chi connectivity index (χ2v) is 7.77. The van der Waals surface area contributed by atoms with E-state index in [-0.39, 0.29) is 17.1 Å². The fourth-order valence-electron chi connectivity index (χ4n) is 2.46. The number of esters is 1. The summed E-state index contributed by atoms with van der Waals surface area (Å²) < 4.78 is 38.2. The molecular weight excluding hydrogens is 350 g/mol. The van der Waals surface area contributed by atoms with Crippen LogP contribution in [0.25, 0.3) is 0 Å². The third-order valence-corrected chi connectivity index (χ3v) is 5.40. The Bertz CT molecular complexity index is 745. The van der Waals surface area contributed by atoms with Crippen LogP contribution in [0.2, 0.25) is 0 Å². The molecule has 1 aliphatic rings. The van der Waals surface area contributed by atoms with Gasteiger partial charge in [0.15, 0.2) is 27.9 Å². The van der Waals surface area contributed by atoms with E-state index in [4.69, 9.17) is 14.2 Å². The van der Waals surface area contributed by atoms with Gasteiger partial charge in [0.05, 0.1) is 30.8 Å². The molecular formula is C16H21NO7S. The summed E-state index contributed by atoms with van der Waals surface area (Å²) in [5.41, 5.74) is 0.219. The minimum Gasteiger partial charge on any atom is -0.493 e. The highest BCUT2D eigenvalue weighted by Gasteiger charge is 2.29. The molecule has 1 aliphatic heterocycles. The maximum absolute atomic E-state index is 12.0. The normalized spacial score (nSPS) is 18.4. The number of methoxy groups -OCH3 is 1. The van der Waals surface area contributed by atoms with Crippen LogP contribution in [0.3, 0.4) is 0 Å². The van der Waals surface area contributed by atoms with Crippen molar-refractivity contribution in [3.05, 3.63) is 23.8 Å². The molecule has 0 radical (unpaired) electrons. The van der Waals surface area contributed by atoms with Crippen molar-refractivity contribution in [1.29, 1.82) is 0 Å². The molecule has 0 saturated carbocycles. The minimum absolute atomic E-state index is 0.0592. The van der Waals surface area contributed by atoms with Crippen LogP contribution in [0.5, 0.6) is 11.5 Å². The van der Waals surface area contributed by atoms with Crippen molar-refractivity contribution in [1.82, 2.24) is 5.32 Å². The fraction of sp³-hybridized carbons (Fsp3) is 0.500. The summed E-state index contributed by atoms with van der Waals surface area (Å²) in [6, 6.07) is 4.14. The average molecular weight is 371 g/mol. The van der Waals surface area contributed by atoms with Crippen LogP contribution in [0, 0.1) is 0 Å². The van der Waals surface area contributed by atoms with Crippen molar-refractivity contribution >= 4 is 21.7 Å². The summed E-state index contributed by atoms with van der Waals surface area (Å²) >= 11 is 0. The summed E-state index contributed by atoms with van der Waals surface area (Å²) in [7, 11) is -1.63. The molecule has 1 N–H and O–H groups in total. The Balaban J connectivity index is 1.88. The highest BCUT2D eigenvalue weighted by Crippen LogP contribution is 2.28. The van der Waals surface area contributed by atoms with Crippen LogP contribution < -0.4 is 14.8 Å². The molecule has 138 valence electrons. The monoisotopic (exact) mass is 371 g/mol. The number of hydrogen-bond donors (Lipinski definition) is 1. The predicted molar refractivity (Wildman–Crippen MR) is 89.6 cm³/mol. The van der Waals surface area contributed by atoms with Gasteiger partial charge in [0.1, 0.15) is 0 Å². The maximum Gasteiger partial charge on any atom is 0.338 e. The van der Waals surface area contributed by atoms with Gasteiger partial charge in [-0.15, -0.1) is 0 Å². The number of amides is 1. The van der Waals surface area contributed by atoms with E-state index < -0.39 is 34.4 Å². The van der Waals surface area contributed by atoms with E-state index in [9.17, 15) is 18.0 Å². The first-order valence-electron chi connectivity index (χ1n) is 7.82. The van der Waals surface area contributed by atoms with Crippen molar-refractivity contribution in [3.8, 4) is 11.5 Å². The Morgan fingerprint density at radius 1 is 1.28 bits per heavy atom. The lowest BCUT2D eigenvalue weighted by atomic mass is 10.2. The van der Waals surface area contributed by atoms with Gasteiger partial charge in [-0.25, -0.2) is 13.2 Å². The van der Waals surface area contributed by atoms with Crippen molar-refractivity contribution in [2.45, 2.75) is 19.4 Å². The molecule has 9 heteroatoms. The van der Waals surface area contributed by atoms with E-state index in [2.05, 4.69) is 5.32 Å².